The van der Waals surface area contributed by atoms with Crippen LogP contribution in [0.15, 0.2) is 33.1 Å². The van der Waals surface area contributed by atoms with Crippen LogP contribution in [-0.2, 0) is 0 Å². The molecule has 6 heteroatoms. The normalized spacial score (nSPS) is 13.8. The molecule has 2 N–H and O–H groups in total. The molecule has 0 saturated carbocycles. The summed E-state index contributed by atoms with van der Waals surface area (Å²) < 4.78 is 0. The van der Waals surface area contributed by atoms with E-state index >= 15 is 0 Å². The first kappa shape index (κ1) is 14.4. The van der Waals surface area contributed by atoms with E-state index in [0.29, 0.717) is 35.9 Å². The molecule has 16 heavy (non-hydrogen) atoms. The maximum Gasteiger partial charge on any atom is 0.101 e. The van der Waals surface area contributed by atoms with Gasteiger partial charge in [-0.1, -0.05) is 0 Å². The highest BCUT2D eigenvalue weighted by Crippen LogP contribution is 2.19. The third-order valence-corrected chi connectivity index (χ3v) is 2.48. The van der Waals surface area contributed by atoms with E-state index in [1.165, 1.54) is 0 Å². The van der Waals surface area contributed by atoms with Gasteiger partial charge in [-0.15, -0.1) is 9.81 Å². The molecule has 0 spiro atoms. The molecule has 0 bridgehead atoms. The van der Waals surface area contributed by atoms with Gasteiger partial charge in [0.15, 0.2) is 0 Å². The fraction of sp³-hybridized carbons (Fsp3) is 0.600. The summed E-state index contributed by atoms with van der Waals surface area (Å²) in [6, 6.07) is 0. The standard InChI is InChI=1S/C10H18N4O2/c1-7(12-15)9(3)14(6-5-11)10(4)8(2)13-16/h5-6,11H2,1-4H3. The van der Waals surface area contributed by atoms with E-state index < -0.39 is 0 Å². The second-order valence-electron chi connectivity index (χ2n) is 3.46. The fourth-order valence-electron chi connectivity index (χ4n) is 1.24. The van der Waals surface area contributed by atoms with Crippen molar-refractivity contribution in [2.45, 2.75) is 27.7 Å². The third kappa shape index (κ3) is 3.54. The molecule has 0 fully saturated rings. The third-order valence-electron chi connectivity index (χ3n) is 2.48. The minimum atomic E-state index is 0.367. The first-order chi connectivity index (χ1) is 7.49. The van der Waals surface area contributed by atoms with Gasteiger partial charge in [-0.3, -0.25) is 0 Å². The van der Waals surface area contributed by atoms with E-state index in [0.717, 1.165) is 0 Å². The minimum Gasteiger partial charge on any atom is -0.344 e. The van der Waals surface area contributed by atoms with E-state index in [4.69, 9.17) is 5.73 Å². The molecular formula is C10H18N4O2. The number of nitrogens with zero attached hydrogens (tertiary/aromatic N) is 3. The molecule has 0 radical (unpaired) electrons. The SMILES string of the molecule is CC(N=O)=C(C)N(CCN)C(C)=C(C)N=O. The maximum atomic E-state index is 10.4. The zero-order chi connectivity index (χ0) is 12.7. The van der Waals surface area contributed by atoms with Crippen LogP contribution in [0.3, 0.4) is 0 Å². The topological polar surface area (TPSA) is 88.1 Å². The minimum absolute atomic E-state index is 0.367. The number of rotatable bonds is 6. The predicted molar refractivity (Wildman–Crippen MR) is 64.1 cm³/mol. The number of allylic oxidation sites excluding steroid dienone is 4. The van der Waals surface area contributed by atoms with E-state index in [2.05, 4.69) is 10.4 Å². The highest BCUT2D eigenvalue weighted by molar-refractivity contribution is 5.18. The number of nitrogens with two attached hydrogens (primary N) is 1. The van der Waals surface area contributed by atoms with Gasteiger partial charge in [0.05, 0.1) is 0 Å². The zero-order valence-corrected chi connectivity index (χ0v) is 10.1. The second kappa shape index (κ2) is 6.84. The van der Waals surface area contributed by atoms with Gasteiger partial charge < -0.3 is 10.6 Å². The van der Waals surface area contributed by atoms with Crippen molar-refractivity contribution in [3.8, 4) is 0 Å². The molecule has 0 aromatic rings. The number of nitroso groups, excluding NO2 is 2. The van der Waals surface area contributed by atoms with Gasteiger partial charge in [-0.2, -0.15) is 0 Å². The summed E-state index contributed by atoms with van der Waals surface area (Å²) in [4.78, 5) is 22.7. The summed E-state index contributed by atoms with van der Waals surface area (Å²) >= 11 is 0. The highest BCUT2D eigenvalue weighted by atomic mass is 16.3. The average molecular weight is 226 g/mol. The summed E-state index contributed by atoms with van der Waals surface area (Å²) in [5, 5.41) is 5.75. The van der Waals surface area contributed by atoms with Gasteiger partial charge in [-0.05, 0) is 38.0 Å². The molecule has 0 amide bonds. The van der Waals surface area contributed by atoms with Crippen molar-refractivity contribution in [2.75, 3.05) is 13.1 Å². The first-order valence-corrected chi connectivity index (χ1v) is 4.98. The Morgan fingerprint density at radius 1 is 1.00 bits per heavy atom. The average Bonchev–Trinajstić information content (AvgIpc) is 2.32. The first-order valence-electron chi connectivity index (χ1n) is 4.98. The zero-order valence-electron chi connectivity index (χ0n) is 10.1. The van der Waals surface area contributed by atoms with Crippen LogP contribution >= 0.6 is 0 Å². The van der Waals surface area contributed by atoms with Crippen molar-refractivity contribution in [3.05, 3.63) is 32.6 Å². The van der Waals surface area contributed by atoms with Gasteiger partial charge in [0, 0.05) is 24.5 Å². The molecule has 0 aliphatic rings. The quantitative estimate of drug-likeness (QED) is 0.704. The molecule has 0 aliphatic heterocycles. The largest absolute Gasteiger partial charge is 0.344 e. The molecular weight excluding hydrogens is 208 g/mol. The van der Waals surface area contributed by atoms with Crippen LogP contribution in [0.2, 0.25) is 0 Å². The van der Waals surface area contributed by atoms with Crippen molar-refractivity contribution < 1.29 is 0 Å². The van der Waals surface area contributed by atoms with Crippen LogP contribution in [0.25, 0.3) is 0 Å². The van der Waals surface area contributed by atoms with Crippen LogP contribution < -0.4 is 5.73 Å². The molecule has 0 unspecified atom stereocenters. The summed E-state index contributed by atoms with van der Waals surface area (Å²) in [7, 11) is 0. The predicted octanol–water partition coefficient (Wildman–Crippen LogP) is 2.28. The van der Waals surface area contributed by atoms with Crippen LogP contribution in [0.5, 0.6) is 0 Å². The lowest BCUT2D eigenvalue weighted by molar-refractivity contribution is 0.427. The molecule has 0 saturated heterocycles. The van der Waals surface area contributed by atoms with Gasteiger partial charge in [0.2, 0.25) is 0 Å². The lowest BCUT2D eigenvalue weighted by Gasteiger charge is -2.26. The van der Waals surface area contributed by atoms with E-state index in [1.54, 1.807) is 32.6 Å². The molecule has 0 atom stereocenters. The monoisotopic (exact) mass is 226 g/mol. The molecule has 90 valence electrons. The van der Waals surface area contributed by atoms with E-state index in [1.807, 2.05) is 0 Å². The van der Waals surface area contributed by atoms with Crippen LogP contribution in [0.1, 0.15) is 27.7 Å². The van der Waals surface area contributed by atoms with Crippen molar-refractivity contribution in [1.82, 2.24) is 4.90 Å². The van der Waals surface area contributed by atoms with Crippen LogP contribution in [0, 0.1) is 9.81 Å². The van der Waals surface area contributed by atoms with Crippen molar-refractivity contribution in [2.24, 2.45) is 16.1 Å². The van der Waals surface area contributed by atoms with Crippen LogP contribution in [-0.4, -0.2) is 18.0 Å². The Balaban J connectivity index is 5.33. The lowest BCUT2D eigenvalue weighted by atomic mass is 10.2. The van der Waals surface area contributed by atoms with Crippen molar-refractivity contribution in [1.29, 1.82) is 0 Å². The maximum absolute atomic E-state index is 10.4. The van der Waals surface area contributed by atoms with Gasteiger partial charge in [0.1, 0.15) is 11.4 Å². The molecule has 0 rings (SSSR count). The summed E-state index contributed by atoms with van der Waals surface area (Å²) in [5.74, 6) is 0. The summed E-state index contributed by atoms with van der Waals surface area (Å²) in [5.41, 5.74) is 7.58. The molecule has 6 nitrogen and oxygen atoms in total. The Bertz CT molecular complexity index is 304. The Kier molecular flexibility index (Phi) is 6.17. The smallest absolute Gasteiger partial charge is 0.101 e. The van der Waals surface area contributed by atoms with Crippen molar-refractivity contribution >= 4 is 0 Å². The fourth-order valence-corrected chi connectivity index (χ4v) is 1.24. The second-order valence-corrected chi connectivity index (χ2v) is 3.46. The highest BCUT2D eigenvalue weighted by Gasteiger charge is 2.12. The summed E-state index contributed by atoms with van der Waals surface area (Å²) in [6.07, 6.45) is 0. The van der Waals surface area contributed by atoms with Gasteiger partial charge in [-0.25, -0.2) is 0 Å². The Morgan fingerprint density at radius 2 is 1.38 bits per heavy atom. The van der Waals surface area contributed by atoms with Crippen LogP contribution in [0.4, 0.5) is 0 Å². The molecule has 0 aromatic carbocycles. The molecule has 0 aliphatic carbocycles. The van der Waals surface area contributed by atoms with Gasteiger partial charge in [0.25, 0.3) is 0 Å². The van der Waals surface area contributed by atoms with Gasteiger partial charge >= 0.3 is 0 Å². The number of hydrogen-bond donors (Lipinski definition) is 1. The Hall–Kier alpha value is -1.56. The Morgan fingerprint density at radius 3 is 1.62 bits per heavy atom. The number of hydrogen-bond acceptors (Lipinski definition) is 6. The van der Waals surface area contributed by atoms with E-state index in [-0.39, 0.29) is 0 Å². The van der Waals surface area contributed by atoms with Crippen molar-refractivity contribution in [3.63, 3.8) is 0 Å². The molecule has 0 aromatic heterocycles. The molecule has 0 heterocycles. The Labute approximate surface area is 95.1 Å². The van der Waals surface area contributed by atoms with E-state index in [9.17, 15) is 9.81 Å². The lowest BCUT2D eigenvalue weighted by Crippen LogP contribution is -2.27. The summed E-state index contributed by atoms with van der Waals surface area (Å²) in [6.45, 7) is 7.66.